The Morgan fingerprint density at radius 3 is 2.51 bits per heavy atom. The second kappa shape index (κ2) is 10.7. The summed E-state index contributed by atoms with van der Waals surface area (Å²) >= 11 is 0. The number of pyridine rings is 2. The number of alkyl halides is 4. The number of aryl methyl sites for hydroxylation is 1. The molecule has 1 aromatic carbocycles. The van der Waals surface area contributed by atoms with Gasteiger partial charge in [0, 0.05) is 23.5 Å². The number of rotatable bonds is 9. The molecular weight excluding hydrogens is 503 g/mol. The van der Waals surface area contributed by atoms with Crippen LogP contribution in [0.3, 0.4) is 0 Å². The normalized spacial score (nSPS) is 13.6. The number of nitrogens with zero attached hydrogens (tertiary/aromatic N) is 4. The molecule has 3 aromatic heterocycles. The van der Waals surface area contributed by atoms with Crippen LogP contribution in [0, 0.1) is 17.5 Å². The highest BCUT2D eigenvalue weighted by molar-refractivity contribution is 5.78. The van der Waals surface area contributed by atoms with Crippen LogP contribution in [-0.2, 0) is 12.6 Å². The van der Waals surface area contributed by atoms with Crippen molar-refractivity contribution in [2.24, 2.45) is 0 Å². The molecule has 0 aliphatic heterocycles. The van der Waals surface area contributed by atoms with Crippen LogP contribution in [-0.4, -0.2) is 31.8 Å². The van der Waals surface area contributed by atoms with Crippen molar-refractivity contribution in [3.05, 3.63) is 77.5 Å². The van der Waals surface area contributed by atoms with Gasteiger partial charge >= 0.3 is 6.18 Å². The Balaban J connectivity index is 1.53. The summed E-state index contributed by atoms with van der Waals surface area (Å²) in [5, 5.41) is 7.15. The van der Waals surface area contributed by atoms with Gasteiger partial charge in [0.05, 0.1) is 6.04 Å². The van der Waals surface area contributed by atoms with Gasteiger partial charge in [0.25, 0.3) is 0 Å². The van der Waals surface area contributed by atoms with Gasteiger partial charge in [0.2, 0.25) is 5.95 Å². The van der Waals surface area contributed by atoms with Gasteiger partial charge in [0.1, 0.15) is 11.9 Å². The van der Waals surface area contributed by atoms with E-state index in [0.717, 1.165) is 24.4 Å². The zero-order chi connectivity index (χ0) is 26.7. The van der Waals surface area contributed by atoms with Gasteiger partial charge in [-0.3, -0.25) is 4.98 Å². The first kappa shape index (κ1) is 26.4. The lowest BCUT2D eigenvalue weighted by Crippen LogP contribution is -2.31. The molecule has 196 valence electrons. The van der Waals surface area contributed by atoms with Crippen LogP contribution in [0.5, 0.6) is 0 Å². The molecule has 0 saturated heterocycles. The molecule has 5 nitrogen and oxygen atoms in total. The minimum atomic E-state index is -4.59. The molecule has 0 bridgehead atoms. The van der Waals surface area contributed by atoms with Crippen molar-refractivity contribution < 1.29 is 30.7 Å². The van der Waals surface area contributed by atoms with Gasteiger partial charge in [-0.2, -0.15) is 18.2 Å². The fraction of sp³-hybridized carbons (Fsp3) is 0.320. The molecule has 1 N–H and O–H groups in total. The molecule has 0 amide bonds. The van der Waals surface area contributed by atoms with E-state index in [9.17, 15) is 26.3 Å². The predicted molar refractivity (Wildman–Crippen MR) is 123 cm³/mol. The molecule has 0 saturated carbocycles. The van der Waals surface area contributed by atoms with Gasteiger partial charge < -0.3 is 5.32 Å². The zero-order valence-electron chi connectivity index (χ0n) is 19.5. The highest BCUT2D eigenvalue weighted by atomic mass is 19.4. The van der Waals surface area contributed by atoms with Gasteiger partial charge in [-0.15, -0.1) is 5.10 Å². The maximum Gasteiger partial charge on any atom is 0.433 e. The molecule has 3 heterocycles. The Kier molecular flexibility index (Phi) is 7.65. The average molecular weight is 525 g/mol. The molecule has 4 rings (SSSR count). The van der Waals surface area contributed by atoms with E-state index in [2.05, 4.69) is 20.4 Å². The fourth-order valence-electron chi connectivity index (χ4n) is 4.02. The summed E-state index contributed by atoms with van der Waals surface area (Å²) in [4.78, 5) is 7.61. The lowest BCUT2D eigenvalue weighted by molar-refractivity contribution is -0.141. The molecule has 4 aromatic rings. The van der Waals surface area contributed by atoms with E-state index in [0.29, 0.717) is 18.4 Å². The Hall–Kier alpha value is -3.70. The van der Waals surface area contributed by atoms with Crippen molar-refractivity contribution in [3.63, 3.8) is 0 Å². The van der Waals surface area contributed by atoms with Crippen molar-refractivity contribution in [1.82, 2.24) is 19.6 Å². The van der Waals surface area contributed by atoms with Crippen LogP contribution >= 0.6 is 0 Å². The maximum absolute atomic E-state index is 15.2. The lowest BCUT2D eigenvalue weighted by atomic mass is 10.00. The topological polar surface area (TPSA) is 55.1 Å². The van der Waals surface area contributed by atoms with Crippen molar-refractivity contribution in [1.29, 1.82) is 0 Å². The molecule has 2 unspecified atom stereocenters. The molecule has 0 fully saturated rings. The van der Waals surface area contributed by atoms with Crippen LogP contribution in [0.2, 0.25) is 0 Å². The van der Waals surface area contributed by atoms with Gasteiger partial charge in [-0.05, 0) is 61.2 Å². The molecule has 0 radical (unpaired) electrons. The standard InChI is InChI=1S/C25H22F7N5/c1-2-4-19(17(26)8-6-14-10-11-33-20(13-14)25(30,31)32)34-24-35-23-16(5-3-12-37(23)36-24)15-7-9-18(27)22(29)21(15)28/h3,5,7,9-13,17,19H,2,4,6,8H2,1H3,(H,34,36). The Labute approximate surface area is 207 Å². The third kappa shape index (κ3) is 5.83. The minimum absolute atomic E-state index is 0.0276. The number of aromatic nitrogens is 4. The highest BCUT2D eigenvalue weighted by Crippen LogP contribution is 2.30. The third-order valence-corrected chi connectivity index (χ3v) is 5.86. The van der Waals surface area contributed by atoms with E-state index < -0.39 is 41.5 Å². The summed E-state index contributed by atoms with van der Waals surface area (Å²) in [5.74, 6) is -4.28. The molecule has 37 heavy (non-hydrogen) atoms. The van der Waals surface area contributed by atoms with Crippen LogP contribution in [0.1, 0.15) is 37.4 Å². The number of fused-ring (bicyclic) bond motifs is 1. The van der Waals surface area contributed by atoms with E-state index in [4.69, 9.17) is 0 Å². The predicted octanol–water partition coefficient (Wildman–Crippen LogP) is 6.78. The number of anilines is 1. The summed E-state index contributed by atoms with van der Waals surface area (Å²) in [5.41, 5.74) is -0.652. The summed E-state index contributed by atoms with van der Waals surface area (Å²) < 4.78 is 96.8. The first-order valence-corrected chi connectivity index (χ1v) is 11.5. The van der Waals surface area contributed by atoms with Crippen LogP contribution in [0.4, 0.5) is 36.7 Å². The van der Waals surface area contributed by atoms with E-state index in [1.165, 1.54) is 28.9 Å². The number of nitrogens with one attached hydrogen (secondary N) is 1. The lowest BCUT2D eigenvalue weighted by Gasteiger charge is -2.21. The van der Waals surface area contributed by atoms with E-state index >= 15 is 4.39 Å². The van der Waals surface area contributed by atoms with Crippen molar-refractivity contribution in [2.45, 2.75) is 51.0 Å². The summed E-state index contributed by atoms with van der Waals surface area (Å²) in [6.07, 6.45) is -2.50. The Morgan fingerprint density at radius 2 is 1.78 bits per heavy atom. The van der Waals surface area contributed by atoms with Crippen LogP contribution < -0.4 is 5.32 Å². The first-order chi connectivity index (χ1) is 17.6. The van der Waals surface area contributed by atoms with E-state index in [1.54, 1.807) is 0 Å². The first-order valence-electron chi connectivity index (χ1n) is 11.5. The minimum Gasteiger partial charge on any atom is -0.347 e. The van der Waals surface area contributed by atoms with E-state index in [-0.39, 0.29) is 35.6 Å². The summed E-state index contributed by atoms with van der Waals surface area (Å²) in [6.45, 7) is 1.85. The number of benzene rings is 1. The number of hydrogen-bond donors (Lipinski definition) is 1. The largest absolute Gasteiger partial charge is 0.433 e. The Bertz CT molecular complexity index is 1390. The van der Waals surface area contributed by atoms with Gasteiger partial charge in [0.15, 0.2) is 23.1 Å². The maximum atomic E-state index is 15.2. The van der Waals surface area contributed by atoms with Crippen molar-refractivity contribution in [3.8, 4) is 11.1 Å². The fourth-order valence-corrected chi connectivity index (χ4v) is 4.02. The molecule has 12 heteroatoms. The van der Waals surface area contributed by atoms with Crippen molar-refractivity contribution >= 4 is 11.6 Å². The van der Waals surface area contributed by atoms with Gasteiger partial charge in [-0.25, -0.2) is 22.1 Å². The highest BCUT2D eigenvalue weighted by Gasteiger charge is 2.32. The zero-order valence-corrected chi connectivity index (χ0v) is 19.5. The van der Waals surface area contributed by atoms with Gasteiger partial charge in [-0.1, -0.05) is 13.3 Å². The monoisotopic (exact) mass is 525 g/mol. The number of halogens is 7. The summed E-state index contributed by atoms with van der Waals surface area (Å²) in [6, 6.07) is 6.44. The summed E-state index contributed by atoms with van der Waals surface area (Å²) in [7, 11) is 0. The smallest absolute Gasteiger partial charge is 0.347 e. The quantitative estimate of drug-likeness (QED) is 0.193. The van der Waals surface area contributed by atoms with Crippen LogP contribution in [0.25, 0.3) is 16.8 Å². The molecular formula is C25H22F7N5. The van der Waals surface area contributed by atoms with E-state index in [1.807, 2.05) is 6.92 Å². The number of hydrogen-bond acceptors (Lipinski definition) is 4. The second-order valence-electron chi connectivity index (χ2n) is 8.49. The molecule has 0 aliphatic carbocycles. The van der Waals surface area contributed by atoms with Crippen molar-refractivity contribution in [2.75, 3.05) is 5.32 Å². The Morgan fingerprint density at radius 1 is 1.00 bits per heavy atom. The SMILES string of the molecule is CCCC(Nc1nc2c(-c3ccc(F)c(F)c3F)cccn2n1)C(F)CCc1ccnc(C(F)(F)F)c1. The average Bonchev–Trinajstić information content (AvgIpc) is 3.28. The second-order valence-corrected chi connectivity index (χ2v) is 8.49. The molecule has 0 aliphatic rings. The van der Waals surface area contributed by atoms with Crippen LogP contribution in [0.15, 0.2) is 48.8 Å². The molecule has 2 atom stereocenters. The molecule has 0 spiro atoms. The third-order valence-electron chi connectivity index (χ3n) is 5.86.